The summed E-state index contributed by atoms with van der Waals surface area (Å²) in [6.07, 6.45) is 3.03. The molecule has 104 valence electrons. The molecular formula is C16H24N2O. The highest BCUT2D eigenvalue weighted by molar-refractivity contribution is 5.33. The van der Waals surface area contributed by atoms with Crippen LogP contribution in [0.1, 0.15) is 12.0 Å². The highest BCUT2D eigenvalue weighted by atomic mass is 16.5. The van der Waals surface area contributed by atoms with Crippen molar-refractivity contribution in [2.75, 3.05) is 39.8 Å². The van der Waals surface area contributed by atoms with Crippen molar-refractivity contribution in [3.05, 3.63) is 42.5 Å². The predicted octanol–water partition coefficient (Wildman–Crippen LogP) is 2.39. The summed E-state index contributed by atoms with van der Waals surface area (Å²) in [5.74, 6) is 0.986. The van der Waals surface area contributed by atoms with Crippen LogP contribution in [0.2, 0.25) is 0 Å². The summed E-state index contributed by atoms with van der Waals surface area (Å²) >= 11 is 0. The molecule has 0 saturated carbocycles. The molecule has 1 aromatic rings. The monoisotopic (exact) mass is 260 g/mol. The van der Waals surface area contributed by atoms with Crippen molar-refractivity contribution >= 4 is 0 Å². The number of nitrogens with zero attached hydrogens (tertiary/aromatic N) is 2. The van der Waals surface area contributed by atoms with Gasteiger partial charge in [0.15, 0.2) is 0 Å². The van der Waals surface area contributed by atoms with E-state index in [0.29, 0.717) is 6.61 Å². The van der Waals surface area contributed by atoms with Crippen LogP contribution in [0.3, 0.4) is 0 Å². The Morgan fingerprint density at radius 2 is 2.05 bits per heavy atom. The Morgan fingerprint density at radius 1 is 1.21 bits per heavy atom. The Kier molecular flexibility index (Phi) is 5.43. The molecule has 19 heavy (non-hydrogen) atoms. The van der Waals surface area contributed by atoms with E-state index < -0.39 is 0 Å². The maximum absolute atomic E-state index is 5.73. The van der Waals surface area contributed by atoms with Crippen LogP contribution in [-0.4, -0.2) is 49.6 Å². The Bertz CT molecular complexity index is 405. The summed E-state index contributed by atoms with van der Waals surface area (Å²) in [6.45, 7) is 9.89. The number of likely N-dealkylation sites (N-methyl/N-ethyl adjacent to an activating group) is 1. The lowest BCUT2D eigenvalue weighted by Gasteiger charge is -2.21. The van der Waals surface area contributed by atoms with Crippen LogP contribution in [0.25, 0.3) is 0 Å². The molecule has 0 bridgehead atoms. The first-order valence-electron chi connectivity index (χ1n) is 7.02. The van der Waals surface area contributed by atoms with Gasteiger partial charge in [-0.25, -0.2) is 0 Å². The second-order valence-corrected chi connectivity index (χ2v) is 5.14. The molecule has 0 radical (unpaired) electrons. The molecule has 1 aliphatic rings. The second-order valence-electron chi connectivity index (χ2n) is 5.14. The van der Waals surface area contributed by atoms with Crippen LogP contribution in [0.4, 0.5) is 0 Å². The summed E-state index contributed by atoms with van der Waals surface area (Å²) in [4.78, 5) is 4.92. The molecule has 0 N–H and O–H groups in total. The van der Waals surface area contributed by atoms with Crippen LogP contribution in [0, 0.1) is 0 Å². The number of para-hydroxylation sites is 1. The fraction of sp³-hybridized carbons (Fsp3) is 0.500. The van der Waals surface area contributed by atoms with Gasteiger partial charge in [0.2, 0.25) is 0 Å². The number of hydrogen-bond donors (Lipinski definition) is 0. The van der Waals surface area contributed by atoms with Crippen LogP contribution in [0.5, 0.6) is 5.75 Å². The zero-order valence-corrected chi connectivity index (χ0v) is 11.8. The Labute approximate surface area is 116 Å². The minimum atomic E-state index is 0.569. The van der Waals surface area contributed by atoms with E-state index in [0.717, 1.165) is 25.4 Å². The van der Waals surface area contributed by atoms with Gasteiger partial charge in [-0.05, 0) is 32.6 Å². The molecule has 0 unspecified atom stereocenters. The van der Waals surface area contributed by atoms with Crippen molar-refractivity contribution in [1.29, 1.82) is 0 Å². The third-order valence-electron chi connectivity index (χ3n) is 3.54. The van der Waals surface area contributed by atoms with E-state index in [4.69, 9.17) is 4.74 Å². The van der Waals surface area contributed by atoms with Crippen LogP contribution >= 0.6 is 0 Å². The first-order valence-corrected chi connectivity index (χ1v) is 7.02. The molecule has 1 fully saturated rings. The average molecular weight is 260 g/mol. The van der Waals surface area contributed by atoms with Gasteiger partial charge in [-0.2, -0.15) is 0 Å². The summed E-state index contributed by atoms with van der Waals surface area (Å²) in [5, 5.41) is 0. The van der Waals surface area contributed by atoms with Crippen molar-refractivity contribution < 1.29 is 4.74 Å². The molecule has 2 rings (SSSR count). The first kappa shape index (κ1) is 14.1. The molecule has 3 nitrogen and oxygen atoms in total. The Balaban J connectivity index is 1.99. The summed E-state index contributed by atoms with van der Waals surface area (Å²) in [5.41, 5.74) is 1.27. The second kappa shape index (κ2) is 7.31. The van der Waals surface area contributed by atoms with Gasteiger partial charge in [0.05, 0.1) is 0 Å². The fourth-order valence-electron chi connectivity index (χ4n) is 2.42. The topological polar surface area (TPSA) is 15.7 Å². The van der Waals surface area contributed by atoms with E-state index in [1.54, 1.807) is 6.08 Å². The Morgan fingerprint density at radius 3 is 2.89 bits per heavy atom. The molecule has 0 aromatic heterocycles. The van der Waals surface area contributed by atoms with Crippen molar-refractivity contribution in [3.8, 4) is 5.75 Å². The fourth-order valence-corrected chi connectivity index (χ4v) is 2.42. The smallest absolute Gasteiger partial charge is 0.124 e. The molecule has 1 aliphatic heterocycles. The minimum Gasteiger partial charge on any atom is -0.489 e. The normalized spacial score (nSPS) is 17.9. The van der Waals surface area contributed by atoms with E-state index in [1.165, 1.54) is 25.1 Å². The van der Waals surface area contributed by atoms with Crippen LogP contribution in [0.15, 0.2) is 36.9 Å². The van der Waals surface area contributed by atoms with Crippen molar-refractivity contribution in [2.24, 2.45) is 0 Å². The molecular weight excluding hydrogens is 236 g/mol. The van der Waals surface area contributed by atoms with Crippen LogP contribution in [-0.2, 0) is 6.54 Å². The molecule has 1 aromatic carbocycles. The first-order chi connectivity index (χ1) is 9.29. The average Bonchev–Trinajstić information content (AvgIpc) is 2.63. The third-order valence-corrected chi connectivity index (χ3v) is 3.54. The molecule has 3 heteroatoms. The quantitative estimate of drug-likeness (QED) is 0.756. The van der Waals surface area contributed by atoms with E-state index >= 15 is 0 Å². The Hall–Kier alpha value is -1.32. The summed E-state index contributed by atoms with van der Waals surface area (Å²) in [6, 6.07) is 8.31. The van der Waals surface area contributed by atoms with Crippen molar-refractivity contribution in [2.45, 2.75) is 13.0 Å². The van der Waals surface area contributed by atoms with Crippen molar-refractivity contribution in [3.63, 3.8) is 0 Å². The summed E-state index contributed by atoms with van der Waals surface area (Å²) < 4.78 is 5.73. The van der Waals surface area contributed by atoms with Gasteiger partial charge >= 0.3 is 0 Å². The lowest BCUT2D eigenvalue weighted by Crippen LogP contribution is -2.28. The highest BCUT2D eigenvalue weighted by Gasteiger charge is 2.13. The van der Waals surface area contributed by atoms with Gasteiger partial charge in [0.25, 0.3) is 0 Å². The van der Waals surface area contributed by atoms with Gasteiger partial charge in [-0.15, -0.1) is 0 Å². The SMILES string of the molecule is C=CCOc1ccccc1CN1CCCN(C)CC1. The van der Waals surface area contributed by atoms with E-state index in [9.17, 15) is 0 Å². The minimum absolute atomic E-state index is 0.569. The third kappa shape index (κ3) is 4.37. The van der Waals surface area contributed by atoms with Gasteiger partial charge in [-0.3, -0.25) is 4.90 Å². The lowest BCUT2D eigenvalue weighted by atomic mass is 10.2. The van der Waals surface area contributed by atoms with E-state index in [1.807, 2.05) is 12.1 Å². The van der Waals surface area contributed by atoms with Gasteiger partial charge in [-0.1, -0.05) is 30.9 Å². The zero-order chi connectivity index (χ0) is 13.5. The number of benzene rings is 1. The molecule has 0 aliphatic carbocycles. The standard InChI is InChI=1S/C16H24N2O/c1-3-13-19-16-8-5-4-7-15(16)14-18-10-6-9-17(2)11-12-18/h3-5,7-8H,1,6,9-14H2,2H3. The largest absolute Gasteiger partial charge is 0.489 e. The van der Waals surface area contributed by atoms with Gasteiger partial charge in [0, 0.05) is 25.2 Å². The molecule has 0 spiro atoms. The summed E-state index contributed by atoms with van der Waals surface area (Å²) in [7, 11) is 2.20. The number of hydrogen-bond acceptors (Lipinski definition) is 3. The van der Waals surface area contributed by atoms with Gasteiger partial charge in [0.1, 0.15) is 12.4 Å². The van der Waals surface area contributed by atoms with Crippen molar-refractivity contribution in [1.82, 2.24) is 9.80 Å². The number of rotatable bonds is 5. The molecule has 1 saturated heterocycles. The van der Waals surface area contributed by atoms with Gasteiger partial charge < -0.3 is 9.64 Å². The predicted molar refractivity (Wildman–Crippen MR) is 79.5 cm³/mol. The van der Waals surface area contributed by atoms with E-state index in [2.05, 4.69) is 35.6 Å². The molecule has 1 heterocycles. The maximum atomic E-state index is 5.73. The van der Waals surface area contributed by atoms with E-state index in [-0.39, 0.29) is 0 Å². The highest BCUT2D eigenvalue weighted by Crippen LogP contribution is 2.20. The lowest BCUT2D eigenvalue weighted by molar-refractivity contribution is 0.263. The molecule has 0 amide bonds. The molecule has 0 atom stereocenters. The van der Waals surface area contributed by atoms with Crippen LogP contribution < -0.4 is 4.74 Å². The number of ether oxygens (including phenoxy) is 1. The zero-order valence-electron chi connectivity index (χ0n) is 11.8. The maximum Gasteiger partial charge on any atom is 0.124 e.